The van der Waals surface area contributed by atoms with Gasteiger partial charge in [0.05, 0.1) is 0 Å². The SMILES string of the molecule is CCc1ccc(CC(N)C(=O)OCc2ccccc2)cc1CC. The van der Waals surface area contributed by atoms with E-state index in [0.29, 0.717) is 6.42 Å². The van der Waals surface area contributed by atoms with E-state index in [1.807, 2.05) is 30.3 Å². The van der Waals surface area contributed by atoms with Gasteiger partial charge in [0.2, 0.25) is 0 Å². The lowest BCUT2D eigenvalue weighted by atomic mass is 9.97. The molecule has 0 bridgehead atoms. The van der Waals surface area contributed by atoms with E-state index in [2.05, 4.69) is 32.0 Å². The van der Waals surface area contributed by atoms with Crippen LogP contribution in [0.15, 0.2) is 48.5 Å². The fourth-order valence-electron chi connectivity index (χ4n) is 2.65. The van der Waals surface area contributed by atoms with Crippen LogP contribution in [0.3, 0.4) is 0 Å². The van der Waals surface area contributed by atoms with Gasteiger partial charge in [-0.15, -0.1) is 0 Å². The van der Waals surface area contributed by atoms with Crippen molar-refractivity contribution in [3.05, 3.63) is 70.8 Å². The van der Waals surface area contributed by atoms with Crippen molar-refractivity contribution in [2.24, 2.45) is 5.73 Å². The average molecular weight is 311 g/mol. The molecule has 0 spiro atoms. The van der Waals surface area contributed by atoms with E-state index in [0.717, 1.165) is 24.0 Å². The summed E-state index contributed by atoms with van der Waals surface area (Å²) in [4.78, 5) is 12.1. The van der Waals surface area contributed by atoms with E-state index in [1.54, 1.807) is 0 Å². The Bertz CT molecular complexity index is 637. The Morgan fingerprint density at radius 2 is 1.70 bits per heavy atom. The summed E-state index contributed by atoms with van der Waals surface area (Å²) in [5, 5.41) is 0. The van der Waals surface area contributed by atoms with E-state index < -0.39 is 6.04 Å². The molecule has 2 aromatic rings. The van der Waals surface area contributed by atoms with Gasteiger partial charge in [-0.25, -0.2) is 0 Å². The minimum absolute atomic E-state index is 0.266. The van der Waals surface area contributed by atoms with Crippen molar-refractivity contribution in [1.29, 1.82) is 0 Å². The molecule has 122 valence electrons. The van der Waals surface area contributed by atoms with E-state index >= 15 is 0 Å². The highest BCUT2D eigenvalue weighted by Crippen LogP contribution is 2.15. The lowest BCUT2D eigenvalue weighted by Crippen LogP contribution is -2.34. The van der Waals surface area contributed by atoms with Crippen molar-refractivity contribution in [2.75, 3.05) is 0 Å². The third-order valence-electron chi connectivity index (χ3n) is 4.01. The summed E-state index contributed by atoms with van der Waals surface area (Å²) in [5.41, 5.74) is 10.7. The molecule has 0 aliphatic heterocycles. The number of carbonyl (C=O) groups is 1. The molecule has 3 nitrogen and oxygen atoms in total. The summed E-state index contributed by atoms with van der Waals surface area (Å²) in [6.07, 6.45) is 2.52. The van der Waals surface area contributed by atoms with Crippen LogP contribution in [0.5, 0.6) is 0 Å². The number of rotatable bonds is 7. The second-order valence-electron chi connectivity index (χ2n) is 5.71. The highest BCUT2D eigenvalue weighted by Gasteiger charge is 2.16. The van der Waals surface area contributed by atoms with Gasteiger partial charge < -0.3 is 10.5 Å². The van der Waals surface area contributed by atoms with Crippen LogP contribution in [0.4, 0.5) is 0 Å². The highest BCUT2D eigenvalue weighted by molar-refractivity contribution is 5.75. The van der Waals surface area contributed by atoms with Crippen molar-refractivity contribution in [3.63, 3.8) is 0 Å². The first-order valence-corrected chi connectivity index (χ1v) is 8.20. The number of carbonyl (C=O) groups excluding carboxylic acids is 1. The van der Waals surface area contributed by atoms with Crippen LogP contribution < -0.4 is 5.73 Å². The van der Waals surface area contributed by atoms with Crippen molar-refractivity contribution >= 4 is 5.97 Å². The van der Waals surface area contributed by atoms with Crippen molar-refractivity contribution in [1.82, 2.24) is 0 Å². The predicted octanol–water partition coefficient (Wildman–Crippen LogP) is 3.42. The van der Waals surface area contributed by atoms with Crippen LogP contribution in [0, 0.1) is 0 Å². The Morgan fingerprint density at radius 3 is 2.35 bits per heavy atom. The number of esters is 1. The summed E-state index contributed by atoms with van der Waals surface area (Å²) in [7, 11) is 0. The highest BCUT2D eigenvalue weighted by atomic mass is 16.5. The molecule has 0 saturated heterocycles. The van der Waals surface area contributed by atoms with Crippen LogP contribution in [0.1, 0.15) is 36.1 Å². The Balaban J connectivity index is 1.93. The smallest absolute Gasteiger partial charge is 0.323 e. The zero-order chi connectivity index (χ0) is 16.7. The van der Waals surface area contributed by atoms with Crippen LogP contribution in [0.2, 0.25) is 0 Å². The first-order chi connectivity index (χ1) is 11.1. The first-order valence-electron chi connectivity index (χ1n) is 8.20. The Kier molecular flexibility index (Phi) is 6.36. The van der Waals surface area contributed by atoms with Crippen LogP contribution in [-0.4, -0.2) is 12.0 Å². The molecule has 1 unspecified atom stereocenters. The number of benzene rings is 2. The summed E-state index contributed by atoms with van der Waals surface area (Å²) in [6.45, 7) is 4.57. The summed E-state index contributed by atoms with van der Waals surface area (Å²) < 4.78 is 5.30. The molecule has 0 fully saturated rings. The monoisotopic (exact) mass is 311 g/mol. The topological polar surface area (TPSA) is 52.3 Å². The van der Waals surface area contributed by atoms with Crippen LogP contribution in [-0.2, 0) is 35.4 Å². The molecule has 3 heteroatoms. The van der Waals surface area contributed by atoms with Gasteiger partial charge in [-0.3, -0.25) is 4.79 Å². The molecule has 0 heterocycles. The third kappa shape index (κ3) is 4.93. The molecule has 1 atom stereocenters. The Labute approximate surface area is 138 Å². The number of hydrogen-bond donors (Lipinski definition) is 1. The van der Waals surface area contributed by atoms with Gasteiger partial charge in [-0.1, -0.05) is 62.4 Å². The second-order valence-corrected chi connectivity index (χ2v) is 5.71. The molecule has 0 radical (unpaired) electrons. The fourth-order valence-corrected chi connectivity index (χ4v) is 2.65. The molecule has 0 aliphatic rings. The molecule has 2 rings (SSSR count). The zero-order valence-electron chi connectivity index (χ0n) is 13.9. The molecule has 0 aliphatic carbocycles. The maximum Gasteiger partial charge on any atom is 0.323 e. The number of ether oxygens (including phenoxy) is 1. The summed E-state index contributed by atoms with van der Waals surface area (Å²) in [6, 6.07) is 15.3. The van der Waals surface area contributed by atoms with Gasteiger partial charge in [0.25, 0.3) is 0 Å². The third-order valence-corrected chi connectivity index (χ3v) is 4.01. The standard InChI is InChI=1S/C20H25NO2/c1-3-17-11-10-16(12-18(17)4-2)13-19(21)20(22)23-14-15-8-6-5-7-9-15/h5-12,19H,3-4,13-14,21H2,1-2H3. The predicted molar refractivity (Wildman–Crippen MR) is 93.1 cm³/mol. The molecular formula is C20H25NO2. The largest absolute Gasteiger partial charge is 0.460 e. The number of nitrogens with two attached hydrogens (primary N) is 1. The van der Waals surface area contributed by atoms with E-state index in [1.165, 1.54) is 11.1 Å². The molecule has 2 N–H and O–H groups in total. The number of hydrogen-bond acceptors (Lipinski definition) is 3. The summed E-state index contributed by atoms with van der Waals surface area (Å²) in [5.74, 6) is -0.355. The molecule has 0 amide bonds. The van der Waals surface area contributed by atoms with Crippen molar-refractivity contribution in [3.8, 4) is 0 Å². The van der Waals surface area contributed by atoms with E-state index in [4.69, 9.17) is 10.5 Å². The minimum atomic E-state index is -0.629. The average Bonchev–Trinajstić information content (AvgIpc) is 2.60. The zero-order valence-corrected chi connectivity index (χ0v) is 13.9. The Hall–Kier alpha value is -2.13. The van der Waals surface area contributed by atoms with Crippen LogP contribution >= 0.6 is 0 Å². The summed E-state index contributed by atoms with van der Waals surface area (Å²) >= 11 is 0. The lowest BCUT2D eigenvalue weighted by Gasteiger charge is -2.14. The quantitative estimate of drug-likeness (QED) is 0.797. The molecule has 0 saturated carbocycles. The maximum absolute atomic E-state index is 12.1. The second kappa shape index (κ2) is 8.49. The van der Waals surface area contributed by atoms with Gasteiger partial charge in [0.15, 0.2) is 0 Å². The van der Waals surface area contributed by atoms with Gasteiger partial charge in [-0.05, 0) is 41.5 Å². The number of aryl methyl sites for hydroxylation is 2. The van der Waals surface area contributed by atoms with Gasteiger partial charge in [0, 0.05) is 0 Å². The lowest BCUT2D eigenvalue weighted by molar-refractivity contribution is -0.146. The van der Waals surface area contributed by atoms with Crippen molar-refractivity contribution in [2.45, 2.75) is 45.8 Å². The van der Waals surface area contributed by atoms with Gasteiger partial charge in [0.1, 0.15) is 12.6 Å². The van der Waals surface area contributed by atoms with Crippen molar-refractivity contribution < 1.29 is 9.53 Å². The minimum Gasteiger partial charge on any atom is -0.460 e. The molecule has 0 aromatic heterocycles. The maximum atomic E-state index is 12.1. The van der Waals surface area contributed by atoms with Crippen LogP contribution in [0.25, 0.3) is 0 Å². The first kappa shape index (κ1) is 17.2. The van der Waals surface area contributed by atoms with E-state index in [-0.39, 0.29) is 12.6 Å². The Morgan fingerprint density at radius 1 is 1.00 bits per heavy atom. The molecule has 2 aromatic carbocycles. The normalized spacial score (nSPS) is 12.0. The van der Waals surface area contributed by atoms with Gasteiger partial charge in [-0.2, -0.15) is 0 Å². The van der Waals surface area contributed by atoms with E-state index in [9.17, 15) is 4.79 Å². The molecule has 23 heavy (non-hydrogen) atoms. The fraction of sp³-hybridized carbons (Fsp3) is 0.350. The molecular weight excluding hydrogens is 286 g/mol. The van der Waals surface area contributed by atoms with Gasteiger partial charge >= 0.3 is 5.97 Å².